The number of carbonyl (C=O) groups is 2. The van der Waals surface area contributed by atoms with Crippen molar-refractivity contribution in [3.8, 4) is 0 Å². The van der Waals surface area contributed by atoms with Gasteiger partial charge in [-0.3, -0.25) is 9.59 Å². The van der Waals surface area contributed by atoms with Gasteiger partial charge in [0.15, 0.2) is 0 Å². The molecule has 0 amide bonds. The van der Waals surface area contributed by atoms with Crippen LogP contribution in [0.3, 0.4) is 0 Å². The number of rotatable bonds is 39. The van der Waals surface area contributed by atoms with Crippen molar-refractivity contribution in [3.05, 3.63) is 24.3 Å². The molecule has 0 spiro atoms. The number of esters is 2. The summed E-state index contributed by atoms with van der Waals surface area (Å²) < 4.78 is 11.6. The normalized spacial score (nSPS) is 12.5. The maximum absolute atomic E-state index is 12.7. The Kier molecular flexibility index (Phi) is 38.3. The minimum absolute atomic E-state index is 0.0931. The summed E-state index contributed by atoms with van der Waals surface area (Å²) in [5.74, 6) is 0.527. The molecule has 300 valence electrons. The molecule has 0 aliphatic heterocycles. The fraction of sp³-hybridized carbons (Fsp3) is 0.870. The second kappa shape index (κ2) is 39.6. The van der Waals surface area contributed by atoms with Gasteiger partial charge >= 0.3 is 11.9 Å². The van der Waals surface area contributed by atoms with Crippen molar-refractivity contribution in [2.75, 3.05) is 27.2 Å². The molecule has 0 aromatic heterocycles. The Morgan fingerprint density at radius 3 is 1.57 bits per heavy atom. The molecular formula is C46H87NO4. The molecule has 5 heteroatoms. The lowest BCUT2D eigenvalue weighted by molar-refractivity contribution is -0.152. The summed E-state index contributed by atoms with van der Waals surface area (Å²) in [6.07, 6.45) is 44.9. The highest BCUT2D eigenvalue weighted by atomic mass is 16.6. The molecule has 51 heavy (non-hydrogen) atoms. The molecule has 0 bridgehead atoms. The summed E-state index contributed by atoms with van der Waals surface area (Å²) in [5.41, 5.74) is 0. The summed E-state index contributed by atoms with van der Waals surface area (Å²) in [6, 6.07) is 0. The SMILES string of the molecule is CCCCCC=CCC=CCCCCCCCCC(CCOC(=O)CCCC(CCCCCCC)CCCCCCC)OC(=O)CCCN(C)C. The van der Waals surface area contributed by atoms with Gasteiger partial charge in [0.1, 0.15) is 6.10 Å². The van der Waals surface area contributed by atoms with Crippen molar-refractivity contribution in [3.63, 3.8) is 0 Å². The van der Waals surface area contributed by atoms with Crippen LogP contribution >= 0.6 is 0 Å². The van der Waals surface area contributed by atoms with E-state index < -0.39 is 0 Å². The van der Waals surface area contributed by atoms with E-state index in [-0.39, 0.29) is 18.0 Å². The van der Waals surface area contributed by atoms with Gasteiger partial charge in [-0.15, -0.1) is 0 Å². The highest BCUT2D eigenvalue weighted by Crippen LogP contribution is 2.24. The minimum atomic E-state index is -0.166. The Labute approximate surface area is 318 Å². The van der Waals surface area contributed by atoms with Crippen LogP contribution in [0.2, 0.25) is 0 Å². The van der Waals surface area contributed by atoms with Crippen LogP contribution in [0.1, 0.15) is 220 Å². The molecule has 0 aromatic carbocycles. The lowest BCUT2D eigenvalue weighted by Crippen LogP contribution is -2.22. The van der Waals surface area contributed by atoms with E-state index in [9.17, 15) is 9.59 Å². The Balaban J connectivity index is 4.45. The quantitative estimate of drug-likeness (QED) is 0.0360. The molecular weight excluding hydrogens is 631 g/mol. The molecule has 5 nitrogen and oxygen atoms in total. The Bertz CT molecular complexity index is 793. The Morgan fingerprint density at radius 1 is 0.510 bits per heavy atom. The van der Waals surface area contributed by atoms with Crippen molar-refractivity contribution in [1.82, 2.24) is 4.90 Å². The number of ether oxygens (including phenoxy) is 2. The number of nitrogens with zero attached hydrogens (tertiary/aromatic N) is 1. The van der Waals surface area contributed by atoms with E-state index in [2.05, 4.69) is 50.0 Å². The smallest absolute Gasteiger partial charge is 0.306 e. The predicted molar refractivity (Wildman–Crippen MR) is 221 cm³/mol. The average molecular weight is 718 g/mol. The van der Waals surface area contributed by atoms with Gasteiger partial charge in [0, 0.05) is 19.3 Å². The van der Waals surface area contributed by atoms with Crippen LogP contribution in [0.4, 0.5) is 0 Å². The minimum Gasteiger partial charge on any atom is -0.466 e. The number of hydrogen-bond donors (Lipinski definition) is 0. The summed E-state index contributed by atoms with van der Waals surface area (Å²) >= 11 is 0. The first-order chi connectivity index (χ1) is 24.9. The van der Waals surface area contributed by atoms with Crippen molar-refractivity contribution < 1.29 is 19.1 Å². The molecule has 0 heterocycles. The zero-order chi connectivity index (χ0) is 37.5. The van der Waals surface area contributed by atoms with Crippen LogP contribution in [0, 0.1) is 5.92 Å². The first kappa shape index (κ1) is 49.4. The predicted octanol–water partition coefficient (Wildman–Crippen LogP) is 13.9. The van der Waals surface area contributed by atoms with Crippen molar-refractivity contribution >= 4 is 11.9 Å². The van der Waals surface area contributed by atoms with Gasteiger partial charge in [-0.1, -0.05) is 161 Å². The lowest BCUT2D eigenvalue weighted by Gasteiger charge is -2.19. The molecule has 0 aliphatic rings. The van der Waals surface area contributed by atoms with Gasteiger partial charge in [0.2, 0.25) is 0 Å². The van der Waals surface area contributed by atoms with E-state index in [1.807, 2.05) is 14.1 Å². The maximum atomic E-state index is 12.7. The Hall–Kier alpha value is -1.62. The van der Waals surface area contributed by atoms with Crippen LogP contribution in [-0.2, 0) is 19.1 Å². The average Bonchev–Trinajstić information content (AvgIpc) is 3.10. The van der Waals surface area contributed by atoms with E-state index in [4.69, 9.17) is 9.47 Å². The molecule has 0 aromatic rings. The van der Waals surface area contributed by atoms with E-state index >= 15 is 0 Å². The second-order valence-corrected chi connectivity index (χ2v) is 15.6. The van der Waals surface area contributed by atoms with Crippen LogP contribution in [-0.4, -0.2) is 50.2 Å². The van der Waals surface area contributed by atoms with Crippen molar-refractivity contribution in [2.45, 2.75) is 226 Å². The molecule has 0 fully saturated rings. The second-order valence-electron chi connectivity index (χ2n) is 15.6. The molecule has 0 rings (SSSR count). The third kappa shape index (κ3) is 37.9. The largest absolute Gasteiger partial charge is 0.466 e. The summed E-state index contributed by atoms with van der Waals surface area (Å²) in [6.45, 7) is 8.02. The van der Waals surface area contributed by atoms with Crippen LogP contribution < -0.4 is 0 Å². The van der Waals surface area contributed by atoms with E-state index in [0.717, 1.165) is 57.4 Å². The molecule has 1 unspecified atom stereocenters. The van der Waals surface area contributed by atoms with Crippen LogP contribution in [0.25, 0.3) is 0 Å². The number of hydrogen-bond acceptors (Lipinski definition) is 5. The monoisotopic (exact) mass is 718 g/mol. The van der Waals surface area contributed by atoms with Crippen LogP contribution in [0.15, 0.2) is 24.3 Å². The van der Waals surface area contributed by atoms with E-state index in [0.29, 0.717) is 25.9 Å². The van der Waals surface area contributed by atoms with Gasteiger partial charge in [-0.25, -0.2) is 0 Å². The van der Waals surface area contributed by atoms with Gasteiger partial charge in [0.05, 0.1) is 6.61 Å². The van der Waals surface area contributed by atoms with Gasteiger partial charge in [0.25, 0.3) is 0 Å². The van der Waals surface area contributed by atoms with Crippen LogP contribution in [0.5, 0.6) is 0 Å². The molecule has 0 saturated carbocycles. The number of allylic oxidation sites excluding steroid dienone is 4. The molecule has 0 radical (unpaired) electrons. The topological polar surface area (TPSA) is 55.8 Å². The Morgan fingerprint density at radius 2 is 0.980 bits per heavy atom. The third-order valence-corrected chi connectivity index (χ3v) is 10.1. The molecule has 0 N–H and O–H groups in total. The maximum Gasteiger partial charge on any atom is 0.306 e. The highest BCUT2D eigenvalue weighted by molar-refractivity contribution is 5.70. The molecule has 1 atom stereocenters. The first-order valence-electron chi connectivity index (χ1n) is 22.2. The van der Waals surface area contributed by atoms with E-state index in [1.165, 1.54) is 135 Å². The first-order valence-corrected chi connectivity index (χ1v) is 22.2. The van der Waals surface area contributed by atoms with Gasteiger partial charge < -0.3 is 14.4 Å². The number of unbranched alkanes of at least 4 members (excludes halogenated alkanes) is 17. The third-order valence-electron chi connectivity index (χ3n) is 10.1. The fourth-order valence-electron chi connectivity index (χ4n) is 6.82. The molecule has 0 aliphatic carbocycles. The zero-order valence-electron chi connectivity index (χ0n) is 34.9. The summed E-state index contributed by atoms with van der Waals surface area (Å²) in [4.78, 5) is 27.4. The zero-order valence-corrected chi connectivity index (χ0v) is 34.9. The molecule has 0 saturated heterocycles. The summed E-state index contributed by atoms with van der Waals surface area (Å²) in [5, 5.41) is 0. The highest BCUT2D eigenvalue weighted by Gasteiger charge is 2.16. The van der Waals surface area contributed by atoms with E-state index in [1.54, 1.807) is 0 Å². The summed E-state index contributed by atoms with van der Waals surface area (Å²) in [7, 11) is 4.05. The standard InChI is InChI=1S/C46H87NO4/c1-6-9-12-15-16-17-18-19-20-21-22-23-24-25-28-31-37-44(51-46(49)39-33-41-47(4)5)40-42-50-45(48)38-32-36-43(34-29-26-13-10-7-2)35-30-27-14-11-8-3/h16-17,19-20,43-44H,6-15,18,21-42H2,1-5H3. The van der Waals surface area contributed by atoms with Crippen molar-refractivity contribution in [1.29, 1.82) is 0 Å². The number of carbonyl (C=O) groups excluding carboxylic acids is 2. The van der Waals surface area contributed by atoms with Gasteiger partial charge in [-0.2, -0.15) is 0 Å². The lowest BCUT2D eigenvalue weighted by atomic mass is 9.90. The van der Waals surface area contributed by atoms with Crippen molar-refractivity contribution in [2.24, 2.45) is 5.92 Å². The van der Waals surface area contributed by atoms with Gasteiger partial charge in [-0.05, 0) is 90.8 Å². The fourth-order valence-corrected chi connectivity index (χ4v) is 6.82.